The van der Waals surface area contributed by atoms with Gasteiger partial charge in [-0.3, -0.25) is 4.79 Å². The maximum Gasteiger partial charge on any atom is 0.239 e. The summed E-state index contributed by atoms with van der Waals surface area (Å²) in [4.78, 5) is 13.9. The van der Waals surface area contributed by atoms with Crippen LogP contribution in [0.25, 0.3) is 0 Å². The number of piperidine rings is 1. The van der Waals surface area contributed by atoms with E-state index in [1.807, 2.05) is 6.92 Å². The van der Waals surface area contributed by atoms with Crippen molar-refractivity contribution in [2.24, 2.45) is 11.7 Å². The van der Waals surface area contributed by atoms with E-state index in [0.29, 0.717) is 18.7 Å². The first-order valence-electron chi connectivity index (χ1n) is 7.11. The molecule has 21 heavy (non-hydrogen) atoms. The van der Waals surface area contributed by atoms with Gasteiger partial charge in [-0.15, -0.1) is 0 Å². The molecular formula is C15H22N2O4. The lowest BCUT2D eigenvalue weighted by molar-refractivity contribution is -0.136. The number of benzene rings is 1. The van der Waals surface area contributed by atoms with Crippen LogP contribution in [0.15, 0.2) is 18.2 Å². The van der Waals surface area contributed by atoms with Crippen molar-refractivity contribution in [3.8, 4) is 11.5 Å². The van der Waals surface area contributed by atoms with Crippen molar-refractivity contribution in [3.63, 3.8) is 0 Å². The molecule has 1 aromatic rings. The van der Waals surface area contributed by atoms with Crippen LogP contribution in [0.5, 0.6) is 11.5 Å². The van der Waals surface area contributed by atoms with E-state index in [9.17, 15) is 20.1 Å². The largest absolute Gasteiger partial charge is 0.504 e. The third-order valence-electron chi connectivity index (χ3n) is 4.04. The summed E-state index contributed by atoms with van der Waals surface area (Å²) in [7, 11) is 0. The number of β-amino-alcohol motifs (C(OH)–C–C–N with tert-alkyl or cyclic N) is 1. The van der Waals surface area contributed by atoms with Crippen molar-refractivity contribution >= 4 is 5.91 Å². The number of rotatable bonds is 3. The Morgan fingerprint density at radius 1 is 1.43 bits per heavy atom. The Balaban J connectivity index is 1.97. The number of aromatic hydroxyl groups is 2. The fraction of sp³-hybridized carbons (Fsp3) is 0.533. The van der Waals surface area contributed by atoms with Crippen molar-refractivity contribution in [2.75, 3.05) is 13.1 Å². The molecule has 0 saturated carbocycles. The standard InChI is InChI=1S/C15H22N2O4/c1-9-4-5-17(8-14(9)20)15(21)11(16)6-10-2-3-12(18)13(19)7-10/h2-3,7,9,11,14,18-20H,4-6,8,16H2,1H3/t9?,11-,14?/m0/s1. The van der Waals surface area contributed by atoms with Gasteiger partial charge in [0.15, 0.2) is 11.5 Å². The van der Waals surface area contributed by atoms with Gasteiger partial charge in [0.25, 0.3) is 0 Å². The quantitative estimate of drug-likeness (QED) is 0.596. The molecule has 1 fully saturated rings. The zero-order valence-electron chi connectivity index (χ0n) is 12.1. The van der Waals surface area contributed by atoms with Crippen molar-refractivity contribution in [3.05, 3.63) is 23.8 Å². The molecule has 0 aliphatic carbocycles. The SMILES string of the molecule is CC1CCN(C(=O)[C@@H](N)Cc2ccc(O)c(O)c2)CC1O. The number of nitrogens with two attached hydrogens (primary N) is 1. The molecule has 116 valence electrons. The first-order chi connectivity index (χ1) is 9.88. The van der Waals surface area contributed by atoms with Crippen LogP contribution in [-0.4, -0.2) is 51.4 Å². The minimum Gasteiger partial charge on any atom is -0.504 e. The molecule has 6 heteroatoms. The Bertz CT molecular complexity index is 520. The van der Waals surface area contributed by atoms with E-state index >= 15 is 0 Å². The highest BCUT2D eigenvalue weighted by atomic mass is 16.3. The monoisotopic (exact) mass is 294 g/mol. The predicted molar refractivity (Wildman–Crippen MR) is 77.8 cm³/mol. The summed E-state index contributed by atoms with van der Waals surface area (Å²) in [6, 6.07) is 3.66. The summed E-state index contributed by atoms with van der Waals surface area (Å²) in [6.45, 7) is 2.88. The van der Waals surface area contributed by atoms with Crippen LogP contribution in [0.2, 0.25) is 0 Å². The Hall–Kier alpha value is -1.79. The van der Waals surface area contributed by atoms with Crippen molar-refractivity contribution in [1.82, 2.24) is 4.90 Å². The van der Waals surface area contributed by atoms with Crippen molar-refractivity contribution in [2.45, 2.75) is 31.9 Å². The second kappa shape index (κ2) is 6.32. The van der Waals surface area contributed by atoms with Gasteiger partial charge in [0, 0.05) is 13.1 Å². The Kier molecular flexibility index (Phi) is 4.69. The topological polar surface area (TPSA) is 107 Å². The normalized spacial score (nSPS) is 23.9. The Labute approximate surface area is 123 Å². The highest BCUT2D eigenvalue weighted by Crippen LogP contribution is 2.25. The van der Waals surface area contributed by atoms with E-state index in [0.717, 1.165) is 6.42 Å². The molecule has 6 nitrogen and oxygen atoms in total. The maximum absolute atomic E-state index is 12.3. The van der Waals surface area contributed by atoms with Gasteiger partial charge in [-0.05, 0) is 36.5 Å². The van der Waals surface area contributed by atoms with Crippen LogP contribution < -0.4 is 5.73 Å². The number of hydrogen-bond acceptors (Lipinski definition) is 5. The van der Waals surface area contributed by atoms with E-state index < -0.39 is 12.1 Å². The molecule has 0 bridgehead atoms. The summed E-state index contributed by atoms with van der Waals surface area (Å²) >= 11 is 0. The number of carbonyl (C=O) groups is 1. The molecule has 1 aliphatic rings. The molecule has 1 saturated heterocycles. The first-order valence-corrected chi connectivity index (χ1v) is 7.11. The average molecular weight is 294 g/mol. The fourth-order valence-electron chi connectivity index (χ4n) is 2.52. The minimum atomic E-state index is -0.727. The molecule has 2 rings (SSSR count). The fourth-order valence-corrected chi connectivity index (χ4v) is 2.52. The number of amides is 1. The molecule has 1 amide bonds. The number of phenolic OH excluding ortho intramolecular Hbond substituents is 2. The second-order valence-electron chi connectivity index (χ2n) is 5.75. The Morgan fingerprint density at radius 3 is 2.76 bits per heavy atom. The first kappa shape index (κ1) is 15.6. The summed E-state index contributed by atoms with van der Waals surface area (Å²) in [5.74, 6) is -0.436. The van der Waals surface area contributed by atoms with Gasteiger partial charge in [-0.2, -0.15) is 0 Å². The molecule has 0 radical (unpaired) electrons. The average Bonchev–Trinajstić information content (AvgIpc) is 2.45. The van der Waals surface area contributed by atoms with Gasteiger partial charge in [0.2, 0.25) is 5.91 Å². The van der Waals surface area contributed by atoms with E-state index in [-0.39, 0.29) is 29.7 Å². The number of likely N-dealkylation sites (tertiary alicyclic amines) is 1. The molecular weight excluding hydrogens is 272 g/mol. The van der Waals surface area contributed by atoms with Gasteiger partial charge in [0.1, 0.15) is 0 Å². The van der Waals surface area contributed by atoms with Gasteiger partial charge >= 0.3 is 0 Å². The third kappa shape index (κ3) is 3.65. The molecule has 0 spiro atoms. The molecule has 2 unspecified atom stereocenters. The lowest BCUT2D eigenvalue weighted by atomic mass is 9.95. The van der Waals surface area contributed by atoms with Gasteiger partial charge in [0.05, 0.1) is 12.1 Å². The molecule has 1 heterocycles. The van der Waals surface area contributed by atoms with Crippen molar-refractivity contribution < 1.29 is 20.1 Å². The van der Waals surface area contributed by atoms with Crippen LogP contribution in [0, 0.1) is 5.92 Å². The van der Waals surface area contributed by atoms with E-state index in [4.69, 9.17) is 5.73 Å². The van der Waals surface area contributed by atoms with Crippen LogP contribution in [0.1, 0.15) is 18.9 Å². The zero-order chi connectivity index (χ0) is 15.6. The summed E-state index contributed by atoms with van der Waals surface area (Å²) in [5, 5.41) is 28.5. The molecule has 1 aliphatic heterocycles. The van der Waals surface area contributed by atoms with Crippen molar-refractivity contribution in [1.29, 1.82) is 0 Å². The van der Waals surface area contributed by atoms with Gasteiger partial charge in [-0.25, -0.2) is 0 Å². The van der Waals surface area contributed by atoms with E-state index in [2.05, 4.69) is 0 Å². The van der Waals surface area contributed by atoms with Gasteiger partial charge < -0.3 is 26.0 Å². The lowest BCUT2D eigenvalue weighted by Gasteiger charge is -2.35. The number of carbonyl (C=O) groups excluding carboxylic acids is 1. The molecule has 3 atom stereocenters. The van der Waals surface area contributed by atoms with Gasteiger partial charge in [-0.1, -0.05) is 13.0 Å². The molecule has 0 aromatic heterocycles. The van der Waals surface area contributed by atoms with Crippen LogP contribution in [0.3, 0.4) is 0 Å². The number of phenols is 2. The highest BCUT2D eigenvalue weighted by molar-refractivity contribution is 5.82. The van der Waals surface area contributed by atoms with E-state index in [1.165, 1.54) is 12.1 Å². The number of hydrogen-bond donors (Lipinski definition) is 4. The number of aliphatic hydroxyl groups excluding tert-OH is 1. The highest BCUT2D eigenvalue weighted by Gasteiger charge is 2.29. The number of aliphatic hydroxyl groups is 1. The summed E-state index contributed by atoms with van der Waals surface area (Å²) in [5.41, 5.74) is 6.61. The zero-order valence-corrected chi connectivity index (χ0v) is 12.1. The van der Waals surface area contributed by atoms with Crippen LogP contribution >= 0.6 is 0 Å². The molecule has 1 aromatic carbocycles. The van der Waals surface area contributed by atoms with Crippen LogP contribution in [0.4, 0.5) is 0 Å². The second-order valence-corrected chi connectivity index (χ2v) is 5.75. The van der Waals surface area contributed by atoms with E-state index in [1.54, 1.807) is 11.0 Å². The maximum atomic E-state index is 12.3. The van der Waals surface area contributed by atoms with Crippen LogP contribution in [-0.2, 0) is 11.2 Å². The minimum absolute atomic E-state index is 0.194. The Morgan fingerprint density at radius 2 is 2.14 bits per heavy atom. The summed E-state index contributed by atoms with van der Waals surface area (Å²) < 4.78 is 0. The lowest BCUT2D eigenvalue weighted by Crippen LogP contribution is -2.52. The number of nitrogens with zero attached hydrogens (tertiary/aromatic N) is 1. The third-order valence-corrected chi connectivity index (χ3v) is 4.04. The smallest absolute Gasteiger partial charge is 0.239 e. The molecule has 5 N–H and O–H groups in total. The summed E-state index contributed by atoms with van der Waals surface area (Å²) in [6.07, 6.45) is 0.529. The predicted octanol–water partition coefficient (Wildman–Crippen LogP) is 0.197.